The van der Waals surface area contributed by atoms with E-state index >= 15 is 0 Å². The maximum Gasteiger partial charge on any atom is 0.328 e. The van der Waals surface area contributed by atoms with Gasteiger partial charge in [-0.2, -0.15) is 0 Å². The molecule has 112 valence electrons. The van der Waals surface area contributed by atoms with E-state index in [1.54, 1.807) is 6.26 Å². The lowest BCUT2D eigenvalue weighted by molar-refractivity contribution is -0.145. The van der Waals surface area contributed by atoms with E-state index in [9.17, 15) is 9.59 Å². The van der Waals surface area contributed by atoms with Gasteiger partial charge < -0.3 is 14.8 Å². The predicted molar refractivity (Wildman–Crippen MR) is 79.2 cm³/mol. The minimum atomic E-state index is -1.29. The summed E-state index contributed by atoms with van der Waals surface area (Å²) in [7, 11) is 0. The van der Waals surface area contributed by atoms with Crippen molar-refractivity contribution in [1.29, 1.82) is 0 Å². The topological polar surface area (TPSA) is 79.5 Å². The average Bonchev–Trinajstić information content (AvgIpc) is 2.76. The molecule has 0 unspecified atom stereocenters. The summed E-state index contributed by atoms with van der Waals surface area (Å²) in [5, 5.41) is 12.4. The number of aryl methyl sites for hydroxylation is 2. The molecule has 5 nitrogen and oxygen atoms in total. The Balaban J connectivity index is 2.23. The molecular formula is C16H19NO4. The molecule has 0 atom stereocenters. The molecule has 0 aliphatic heterocycles. The standard InChI is InChI=1S/C16H19NO4/c1-9-5-6-12-11(8-21-14(12)10(9)2)7-13(18)17-16(3,4)15(19)20/h5-6,8H,7H2,1-4H3,(H,17,18)(H,19,20). The number of nitrogens with one attached hydrogen (secondary N) is 1. The zero-order chi connectivity index (χ0) is 15.8. The highest BCUT2D eigenvalue weighted by Crippen LogP contribution is 2.26. The first-order chi connectivity index (χ1) is 9.72. The molecular weight excluding hydrogens is 270 g/mol. The summed E-state index contributed by atoms with van der Waals surface area (Å²) in [5.74, 6) is -1.41. The molecule has 0 aliphatic rings. The Hall–Kier alpha value is -2.30. The number of hydrogen-bond acceptors (Lipinski definition) is 3. The fourth-order valence-electron chi connectivity index (χ4n) is 2.14. The molecule has 1 aromatic carbocycles. The molecule has 0 aliphatic carbocycles. The number of benzene rings is 1. The molecule has 2 aromatic rings. The second kappa shape index (κ2) is 5.24. The van der Waals surface area contributed by atoms with Crippen molar-refractivity contribution in [3.05, 3.63) is 35.1 Å². The molecule has 0 bridgehead atoms. The van der Waals surface area contributed by atoms with E-state index in [1.165, 1.54) is 13.8 Å². The van der Waals surface area contributed by atoms with Crippen LogP contribution in [0.3, 0.4) is 0 Å². The molecule has 0 saturated heterocycles. The van der Waals surface area contributed by atoms with Crippen molar-refractivity contribution >= 4 is 22.8 Å². The highest BCUT2D eigenvalue weighted by Gasteiger charge is 2.29. The summed E-state index contributed by atoms with van der Waals surface area (Å²) in [5.41, 5.74) is 2.41. The zero-order valence-corrected chi connectivity index (χ0v) is 12.6. The van der Waals surface area contributed by atoms with Gasteiger partial charge in [-0.15, -0.1) is 0 Å². The number of carbonyl (C=O) groups is 2. The molecule has 1 heterocycles. The summed E-state index contributed by atoms with van der Waals surface area (Å²) in [4.78, 5) is 23.0. The van der Waals surface area contributed by atoms with Gasteiger partial charge in [-0.05, 0) is 38.8 Å². The van der Waals surface area contributed by atoms with E-state index in [4.69, 9.17) is 9.52 Å². The van der Waals surface area contributed by atoms with Gasteiger partial charge in [0.15, 0.2) is 0 Å². The maximum atomic E-state index is 12.0. The van der Waals surface area contributed by atoms with Gasteiger partial charge in [-0.25, -0.2) is 4.79 Å². The van der Waals surface area contributed by atoms with Gasteiger partial charge in [0, 0.05) is 10.9 Å². The van der Waals surface area contributed by atoms with Crippen molar-refractivity contribution < 1.29 is 19.1 Å². The van der Waals surface area contributed by atoms with Gasteiger partial charge in [-0.3, -0.25) is 4.79 Å². The number of fused-ring (bicyclic) bond motifs is 1. The lowest BCUT2D eigenvalue weighted by Crippen LogP contribution is -2.50. The highest BCUT2D eigenvalue weighted by molar-refractivity contribution is 5.91. The van der Waals surface area contributed by atoms with Crippen LogP contribution in [0, 0.1) is 13.8 Å². The lowest BCUT2D eigenvalue weighted by Gasteiger charge is -2.20. The maximum absolute atomic E-state index is 12.0. The molecule has 1 amide bonds. The van der Waals surface area contributed by atoms with E-state index in [0.717, 1.165) is 27.7 Å². The van der Waals surface area contributed by atoms with Crippen LogP contribution in [0.2, 0.25) is 0 Å². The highest BCUT2D eigenvalue weighted by atomic mass is 16.4. The normalized spacial score (nSPS) is 11.6. The minimum Gasteiger partial charge on any atom is -0.480 e. The number of rotatable bonds is 4. The smallest absolute Gasteiger partial charge is 0.328 e. The number of furan rings is 1. The molecule has 0 saturated carbocycles. The van der Waals surface area contributed by atoms with Gasteiger partial charge in [0.05, 0.1) is 12.7 Å². The second-order valence-electron chi connectivity index (χ2n) is 5.80. The summed E-state index contributed by atoms with van der Waals surface area (Å²) in [6, 6.07) is 3.90. The number of aliphatic carboxylic acids is 1. The number of carbonyl (C=O) groups excluding carboxylic acids is 1. The van der Waals surface area contributed by atoms with Crippen LogP contribution >= 0.6 is 0 Å². The molecule has 0 fully saturated rings. The Morgan fingerprint density at radius 3 is 2.57 bits per heavy atom. The van der Waals surface area contributed by atoms with Gasteiger partial charge >= 0.3 is 5.97 Å². The van der Waals surface area contributed by atoms with Crippen LogP contribution in [-0.4, -0.2) is 22.5 Å². The quantitative estimate of drug-likeness (QED) is 0.906. The summed E-state index contributed by atoms with van der Waals surface area (Å²) >= 11 is 0. The third kappa shape index (κ3) is 2.91. The van der Waals surface area contributed by atoms with Crippen molar-refractivity contribution in [1.82, 2.24) is 5.32 Å². The molecule has 2 N–H and O–H groups in total. The Morgan fingerprint density at radius 2 is 1.95 bits per heavy atom. The van der Waals surface area contributed by atoms with Crippen molar-refractivity contribution in [2.24, 2.45) is 0 Å². The molecule has 21 heavy (non-hydrogen) atoms. The van der Waals surface area contributed by atoms with E-state index in [0.29, 0.717) is 0 Å². The van der Waals surface area contributed by atoms with Crippen LogP contribution < -0.4 is 5.32 Å². The Bertz CT molecular complexity index is 712. The van der Waals surface area contributed by atoms with Crippen molar-refractivity contribution in [3.8, 4) is 0 Å². The Kier molecular flexibility index (Phi) is 3.77. The Labute approximate surface area is 122 Å². The first-order valence-electron chi connectivity index (χ1n) is 6.73. The fraction of sp³-hybridized carbons (Fsp3) is 0.375. The largest absolute Gasteiger partial charge is 0.480 e. The summed E-state index contributed by atoms with van der Waals surface area (Å²) < 4.78 is 5.54. The minimum absolute atomic E-state index is 0.0895. The number of amides is 1. The number of hydrogen-bond donors (Lipinski definition) is 2. The van der Waals surface area contributed by atoms with Crippen LogP contribution in [0.15, 0.2) is 22.8 Å². The number of carboxylic acid groups (broad SMARTS) is 1. The molecule has 0 radical (unpaired) electrons. The number of carboxylic acids is 1. The predicted octanol–water partition coefficient (Wildman–Crippen LogP) is 2.57. The fourth-order valence-corrected chi connectivity index (χ4v) is 2.14. The van der Waals surface area contributed by atoms with Gasteiger partial charge in [-0.1, -0.05) is 12.1 Å². The van der Waals surface area contributed by atoms with Crippen LogP contribution in [0.4, 0.5) is 0 Å². The van der Waals surface area contributed by atoms with Crippen LogP contribution in [0.1, 0.15) is 30.5 Å². The summed E-state index contributed by atoms with van der Waals surface area (Å²) in [6.07, 6.45) is 1.65. The SMILES string of the molecule is Cc1ccc2c(CC(=O)NC(C)(C)C(=O)O)coc2c1C. The van der Waals surface area contributed by atoms with E-state index in [2.05, 4.69) is 5.32 Å². The van der Waals surface area contributed by atoms with E-state index < -0.39 is 11.5 Å². The third-order valence-electron chi connectivity index (χ3n) is 3.68. The first-order valence-corrected chi connectivity index (χ1v) is 6.73. The Morgan fingerprint density at radius 1 is 1.29 bits per heavy atom. The third-order valence-corrected chi connectivity index (χ3v) is 3.68. The van der Waals surface area contributed by atoms with Crippen LogP contribution in [0.25, 0.3) is 11.0 Å². The van der Waals surface area contributed by atoms with Gasteiger partial charge in [0.25, 0.3) is 0 Å². The molecule has 2 rings (SSSR count). The van der Waals surface area contributed by atoms with Gasteiger partial charge in [0.2, 0.25) is 5.91 Å². The van der Waals surface area contributed by atoms with Crippen LogP contribution in [-0.2, 0) is 16.0 Å². The van der Waals surface area contributed by atoms with Crippen molar-refractivity contribution in [2.75, 3.05) is 0 Å². The van der Waals surface area contributed by atoms with Gasteiger partial charge in [0.1, 0.15) is 11.1 Å². The molecule has 0 spiro atoms. The van der Waals surface area contributed by atoms with Crippen LogP contribution in [0.5, 0.6) is 0 Å². The second-order valence-corrected chi connectivity index (χ2v) is 5.80. The summed E-state index contributed by atoms with van der Waals surface area (Å²) in [6.45, 7) is 6.88. The van der Waals surface area contributed by atoms with Crippen molar-refractivity contribution in [2.45, 2.75) is 39.7 Å². The molecule has 1 aromatic heterocycles. The zero-order valence-electron chi connectivity index (χ0n) is 12.6. The average molecular weight is 289 g/mol. The lowest BCUT2D eigenvalue weighted by atomic mass is 10.0. The van der Waals surface area contributed by atoms with E-state index in [1.807, 2.05) is 26.0 Å². The monoisotopic (exact) mass is 289 g/mol. The first kappa shape index (κ1) is 15.1. The van der Waals surface area contributed by atoms with E-state index in [-0.39, 0.29) is 12.3 Å². The molecule has 5 heteroatoms. The van der Waals surface area contributed by atoms with Crippen molar-refractivity contribution in [3.63, 3.8) is 0 Å².